The number of nitrogens with one attached hydrogen (secondary N) is 1. The van der Waals surface area contributed by atoms with Crippen LogP contribution in [0.4, 0.5) is 11.4 Å². The Morgan fingerprint density at radius 3 is 2.53 bits per heavy atom. The molecule has 0 aliphatic rings. The summed E-state index contributed by atoms with van der Waals surface area (Å²) in [5.74, 6) is -0.262. The first kappa shape index (κ1) is 13.9. The molecule has 1 amide bonds. The second kappa shape index (κ2) is 5.01. The zero-order valence-corrected chi connectivity index (χ0v) is 11.5. The fourth-order valence-electron chi connectivity index (χ4n) is 1.01. The minimum absolute atomic E-state index is 0.0137. The summed E-state index contributed by atoms with van der Waals surface area (Å²) in [4.78, 5) is 21.6. The van der Waals surface area contributed by atoms with E-state index in [1.807, 2.05) is 0 Å². The van der Waals surface area contributed by atoms with Gasteiger partial charge in [0.1, 0.15) is 5.02 Å². The normalized spacial score (nSPS) is 11.1. The maximum absolute atomic E-state index is 11.6. The number of nitro benzene ring substituents is 1. The van der Waals surface area contributed by atoms with Gasteiger partial charge in [0, 0.05) is 11.8 Å². The molecule has 92 valence electrons. The molecule has 0 saturated heterocycles. The summed E-state index contributed by atoms with van der Waals surface area (Å²) in [5.41, 5.74) is 0.223. The summed E-state index contributed by atoms with van der Waals surface area (Å²) in [6.45, 7) is 3.38. The van der Waals surface area contributed by atoms with Gasteiger partial charge in [0.25, 0.3) is 5.69 Å². The first-order valence-corrected chi connectivity index (χ1v) is 5.83. The SMILES string of the molecule is CC(C)(Br)C(=O)Nc1ccc([N+](=O)[O-])c(Cl)c1. The Hall–Kier alpha value is -1.14. The van der Waals surface area contributed by atoms with Gasteiger partial charge in [-0.15, -0.1) is 0 Å². The molecule has 0 unspecified atom stereocenters. The molecule has 1 aromatic rings. The van der Waals surface area contributed by atoms with Gasteiger partial charge in [-0.3, -0.25) is 14.9 Å². The van der Waals surface area contributed by atoms with Crippen LogP contribution in [0, 0.1) is 10.1 Å². The van der Waals surface area contributed by atoms with Gasteiger partial charge in [-0.05, 0) is 26.0 Å². The molecule has 0 atom stereocenters. The monoisotopic (exact) mass is 320 g/mol. The lowest BCUT2D eigenvalue weighted by Crippen LogP contribution is -2.30. The molecular weight excluding hydrogens is 311 g/mol. The van der Waals surface area contributed by atoms with Crippen molar-refractivity contribution in [1.82, 2.24) is 0 Å². The highest BCUT2D eigenvalue weighted by molar-refractivity contribution is 9.10. The molecule has 0 bridgehead atoms. The summed E-state index contributed by atoms with van der Waals surface area (Å²) < 4.78 is -0.721. The van der Waals surface area contributed by atoms with E-state index in [1.54, 1.807) is 13.8 Å². The average Bonchev–Trinajstić information content (AvgIpc) is 2.15. The van der Waals surface area contributed by atoms with E-state index in [9.17, 15) is 14.9 Å². The number of halogens is 2. The van der Waals surface area contributed by atoms with Gasteiger partial charge in [0.15, 0.2) is 0 Å². The smallest absolute Gasteiger partial charge is 0.288 e. The predicted octanol–water partition coefficient (Wildman–Crippen LogP) is 3.36. The standard InChI is InChI=1S/C10H10BrClN2O3/c1-10(2,11)9(15)13-6-3-4-8(14(16)17)7(12)5-6/h3-5H,1-2H3,(H,13,15). The molecule has 1 aromatic carbocycles. The Morgan fingerprint density at radius 1 is 1.53 bits per heavy atom. The Morgan fingerprint density at radius 2 is 2.12 bits per heavy atom. The van der Waals surface area contributed by atoms with Crippen LogP contribution < -0.4 is 5.32 Å². The molecule has 7 heteroatoms. The summed E-state index contributed by atoms with van der Waals surface area (Å²) in [7, 11) is 0. The zero-order valence-electron chi connectivity index (χ0n) is 9.16. The van der Waals surface area contributed by atoms with Gasteiger partial charge >= 0.3 is 0 Å². The zero-order chi connectivity index (χ0) is 13.2. The molecule has 1 rings (SSSR count). The highest BCUT2D eigenvalue weighted by Crippen LogP contribution is 2.28. The summed E-state index contributed by atoms with van der Waals surface area (Å²) in [6, 6.07) is 4.02. The van der Waals surface area contributed by atoms with E-state index in [0.717, 1.165) is 0 Å². The largest absolute Gasteiger partial charge is 0.325 e. The molecule has 0 fully saturated rings. The number of carbonyl (C=O) groups is 1. The van der Waals surface area contributed by atoms with Crippen molar-refractivity contribution in [3.05, 3.63) is 33.3 Å². The highest BCUT2D eigenvalue weighted by Gasteiger charge is 2.24. The minimum Gasteiger partial charge on any atom is -0.325 e. The maximum Gasteiger partial charge on any atom is 0.288 e. The van der Waals surface area contributed by atoms with Crippen molar-refractivity contribution in [2.24, 2.45) is 0 Å². The molecule has 0 heterocycles. The maximum atomic E-state index is 11.6. The average molecular weight is 322 g/mol. The van der Waals surface area contributed by atoms with Crippen molar-refractivity contribution in [3.63, 3.8) is 0 Å². The molecule has 0 aliphatic carbocycles. The molecule has 0 aliphatic heterocycles. The molecule has 0 spiro atoms. The van der Waals surface area contributed by atoms with E-state index in [1.165, 1.54) is 18.2 Å². The molecule has 5 nitrogen and oxygen atoms in total. The van der Waals surface area contributed by atoms with Crippen LogP contribution in [0.15, 0.2) is 18.2 Å². The van der Waals surface area contributed by atoms with Gasteiger partial charge in [-0.2, -0.15) is 0 Å². The second-order valence-corrected chi connectivity index (χ2v) is 6.24. The van der Waals surface area contributed by atoms with Crippen LogP contribution in [0.2, 0.25) is 5.02 Å². The second-order valence-electron chi connectivity index (χ2n) is 3.85. The quantitative estimate of drug-likeness (QED) is 0.527. The van der Waals surface area contributed by atoms with Crippen molar-refractivity contribution in [2.75, 3.05) is 5.32 Å². The lowest BCUT2D eigenvalue weighted by Gasteiger charge is -2.15. The van der Waals surface area contributed by atoms with E-state index < -0.39 is 9.25 Å². The number of rotatable bonds is 3. The van der Waals surface area contributed by atoms with E-state index in [4.69, 9.17) is 11.6 Å². The number of alkyl halides is 1. The lowest BCUT2D eigenvalue weighted by molar-refractivity contribution is -0.384. The number of benzene rings is 1. The van der Waals surface area contributed by atoms with Crippen molar-refractivity contribution in [3.8, 4) is 0 Å². The molecule has 1 N–H and O–H groups in total. The molecule has 0 saturated carbocycles. The van der Waals surface area contributed by atoms with E-state index >= 15 is 0 Å². The number of hydrogen-bond acceptors (Lipinski definition) is 3. The fourth-order valence-corrected chi connectivity index (χ4v) is 1.36. The van der Waals surface area contributed by atoms with Crippen molar-refractivity contribution >= 4 is 44.8 Å². The number of amides is 1. The number of carbonyl (C=O) groups excluding carboxylic acids is 1. The predicted molar refractivity (Wildman–Crippen MR) is 69.7 cm³/mol. The Bertz CT molecular complexity index is 471. The van der Waals surface area contributed by atoms with E-state index in [2.05, 4.69) is 21.2 Å². The van der Waals surface area contributed by atoms with Crippen LogP contribution >= 0.6 is 27.5 Å². The van der Waals surface area contributed by atoms with Crippen molar-refractivity contribution in [1.29, 1.82) is 0 Å². The van der Waals surface area contributed by atoms with Gasteiger partial charge in [-0.25, -0.2) is 0 Å². The van der Waals surface area contributed by atoms with Gasteiger partial charge in [-0.1, -0.05) is 27.5 Å². The fraction of sp³-hybridized carbons (Fsp3) is 0.300. The lowest BCUT2D eigenvalue weighted by atomic mass is 10.2. The first-order chi connectivity index (χ1) is 7.71. The van der Waals surface area contributed by atoms with Crippen molar-refractivity contribution in [2.45, 2.75) is 18.2 Å². The third kappa shape index (κ3) is 3.67. The highest BCUT2D eigenvalue weighted by atomic mass is 79.9. The van der Waals surface area contributed by atoms with Crippen LogP contribution in [0.25, 0.3) is 0 Å². The number of nitro groups is 1. The third-order valence-corrected chi connectivity index (χ3v) is 2.61. The molecule has 0 aromatic heterocycles. The Labute approximate surface area is 111 Å². The van der Waals surface area contributed by atoms with Crippen LogP contribution in [-0.2, 0) is 4.79 Å². The van der Waals surface area contributed by atoms with Crippen LogP contribution in [0.3, 0.4) is 0 Å². The van der Waals surface area contributed by atoms with Crippen LogP contribution in [-0.4, -0.2) is 15.2 Å². The Balaban J connectivity index is 2.92. The third-order valence-electron chi connectivity index (χ3n) is 1.94. The number of nitrogens with zero attached hydrogens (tertiary/aromatic N) is 1. The molecule has 17 heavy (non-hydrogen) atoms. The minimum atomic E-state index is -0.721. The van der Waals surface area contributed by atoms with E-state index in [0.29, 0.717) is 5.69 Å². The summed E-state index contributed by atoms with van der Waals surface area (Å²) >= 11 is 8.92. The number of hydrogen-bond donors (Lipinski definition) is 1. The van der Waals surface area contributed by atoms with Crippen LogP contribution in [0.5, 0.6) is 0 Å². The van der Waals surface area contributed by atoms with Gasteiger partial charge in [0.05, 0.1) is 9.25 Å². The van der Waals surface area contributed by atoms with Gasteiger partial charge in [0.2, 0.25) is 5.91 Å². The summed E-state index contributed by atoms with van der Waals surface area (Å²) in [6.07, 6.45) is 0. The molecular formula is C10H10BrClN2O3. The Kier molecular flexibility index (Phi) is 4.11. The molecule has 0 radical (unpaired) electrons. The summed E-state index contributed by atoms with van der Waals surface area (Å²) in [5, 5.41) is 13.1. The first-order valence-electron chi connectivity index (χ1n) is 4.66. The topological polar surface area (TPSA) is 72.2 Å². The van der Waals surface area contributed by atoms with E-state index in [-0.39, 0.29) is 16.6 Å². The van der Waals surface area contributed by atoms with Crippen LogP contribution in [0.1, 0.15) is 13.8 Å². The van der Waals surface area contributed by atoms with Gasteiger partial charge < -0.3 is 5.32 Å². The van der Waals surface area contributed by atoms with Crippen molar-refractivity contribution < 1.29 is 9.72 Å². The number of anilines is 1.